The van der Waals surface area contributed by atoms with Crippen LogP contribution < -0.4 is 11.1 Å². The molecule has 5 heteroatoms. The summed E-state index contributed by atoms with van der Waals surface area (Å²) in [5.41, 5.74) is 6.92. The maximum absolute atomic E-state index is 11.8. The molecule has 1 rings (SSSR count). The molecule has 0 bridgehead atoms. The van der Waals surface area contributed by atoms with Gasteiger partial charge in [-0.1, -0.05) is 25.5 Å². The fraction of sp³-hybridized carbons (Fsp3) is 0.462. The Morgan fingerprint density at radius 3 is 2.72 bits per heavy atom. The molecule has 0 aliphatic carbocycles. The smallest absolute Gasteiger partial charge is 0.253 e. The van der Waals surface area contributed by atoms with Crippen LogP contribution in [0.3, 0.4) is 0 Å². The molecule has 0 aliphatic heterocycles. The van der Waals surface area contributed by atoms with Crippen LogP contribution in [0.2, 0.25) is 0 Å². The first kappa shape index (κ1) is 16.7. The molecule has 0 saturated heterocycles. The average Bonchev–Trinajstić information content (AvgIpc) is 2.32. The number of ether oxygens (including phenoxy) is 1. The van der Waals surface area contributed by atoms with Crippen LogP contribution in [0.5, 0.6) is 0 Å². The first-order valence-electron chi connectivity index (χ1n) is 5.92. The molecule has 0 fully saturated rings. The van der Waals surface area contributed by atoms with E-state index in [9.17, 15) is 4.79 Å². The van der Waals surface area contributed by atoms with Crippen molar-refractivity contribution >= 4 is 29.7 Å². The van der Waals surface area contributed by atoms with Gasteiger partial charge >= 0.3 is 0 Å². The third-order valence-electron chi connectivity index (χ3n) is 2.45. The van der Waals surface area contributed by atoms with Gasteiger partial charge in [0.15, 0.2) is 0 Å². The number of carbonyl (C=O) groups excluding carboxylic acids is 1. The fourth-order valence-corrected chi connectivity index (χ4v) is 1.33. The second-order valence-corrected chi connectivity index (χ2v) is 3.94. The number of hydrogen-bond donors (Lipinski definition) is 2. The van der Waals surface area contributed by atoms with Gasteiger partial charge < -0.3 is 15.8 Å². The summed E-state index contributed by atoms with van der Waals surface area (Å²) in [5, 5.41) is 2.75. The van der Waals surface area contributed by atoms with Gasteiger partial charge in [-0.25, -0.2) is 0 Å². The third kappa shape index (κ3) is 5.38. The predicted octanol–water partition coefficient (Wildman–Crippen LogP) is 2.83. The zero-order valence-electron chi connectivity index (χ0n) is 10.8. The van der Waals surface area contributed by atoms with Crippen molar-refractivity contribution in [3.05, 3.63) is 24.3 Å². The van der Waals surface area contributed by atoms with E-state index in [1.165, 1.54) is 0 Å². The molecule has 1 unspecified atom stereocenters. The normalized spacial score (nSPS) is 11.4. The number of nitrogen functional groups attached to an aromatic ring is 1. The summed E-state index contributed by atoms with van der Waals surface area (Å²) < 4.78 is 5.40. The van der Waals surface area contributed by atoms with Crippen molar-refractivity contribution in [2.24, 2.45) is 0 Å². The van der Waals surface area contributed by atoms with E-state index in [0.29, 0.717) is 18.0 Å². The first-order chi connectivity index (χ1) is 8.15. The van der Waals surface area contributed by atoms with E-state index in [0.717, 1.165) is 12.8 Å². The minimum Gasteiger partial charge on any atom is -0.397 e. The summed E-state index contributed by atoms with van der Waals surface area (Å²) in [6.07, 6.45) is 1.56. The number of nitrogens with two attached hydrogens (primary N) is 1. The molecular formula is C13H21ClN2O2. The lowest BCUT2D eigenvalue weighted by Gasteiger charge is -2.14. The van der Waals surface area contributed by atoms with Crippen molar-refractivity contribution < 1.29 is 9.53 Å². The maximum Gasteiger partial charge on any atom is 0.253 e. The number of rotatable bonds is 6. The minimum atomic E-state index is -0.457. The van der Waals surface area contributed by atoms with E-state index in [2.05, 4.69) is 12.2 Å². The molecule has 3 N–H and O–H groups in total. The monoisotopic (exact) mass is 272 g/mol. The van der Waals surface area contributed by atoms with Gasteiger partial charge in [-0.3, -0.25) is 4.79 Å². The third-order valence-corrected chi connectivity index (χ3v) is 2.45. The molecule has 18 heavy (non-hydrogen) atoms. The highest BCUT2D eigenvalue weighted by atomic mass is 35.5. The van der Waals surface area contributed by atoms with E-state index in [4.69, 9.17) is 10.5 Å². The zero-order chi connectivity index (χ0) is 12.7. The largest absolute Gasteiger partial charge is 0.397 e. The van der Waals surface area contributed by atoms with Crippen molar-refractivity contribution in [3.63, 3.8) is 0 Å². The lowest BCUT2D eigenvalue weighted by Crippen LogP contribution is -2.28. The Kier molecular flexibility index (Phi) is 8.16. The van der Waals surface area contributed by atoms with Crippen LogP contribution in [0.15, 0.2) is 24.3 Å². The zero-order valence-corrected chi connectivity index (χ0v) is 11.6. The van der Waals surface area contributed by atoms with Crippen molar-refractivity contribution in [1.82, 2.24) is 0 Å². The molecule has 0 aliphatic rings. The van der Waals surface area contributed by atoms with Crippen molar-refractivity contribution in [3.8, 4) is 0 Å². The van der Waals surface area contributed by atoms with Crippen molar-refractivity contribution in [2.45, 2.75) is 32.8 Å². The van der Waals surface area contributed by atoms with E-state index in [1.54, 1.807) is 19.1 Å². The Labute approximate surface area is 114 Å². The summed E-state index contributed by atoms with van der Waals surface area (Å²) >= 11 is 0. The first-order valence-corrected chi connectivity index (χ1v) is 5.92. The van der Waals surface area contributed by atoms with Crippen LogP contribution >= 0.6 is 12.4 Å². The summed E-state index contributed by atoms with van der Waals surface area (Å²) in [4.78, 5) is 11.8. The maximum atomic E-state index is 11.8. The average molecular weight is 273 g/mol. The van der Waals surface area contributed by atoms with Crippen LogP contribution in [0.1, 0.15) is 26.7 Å². The molecule has 0 spiro atoms. The second kappa shape index (κ2) is 8.78. The molecule has 0 aromatic heterocycles. The summed E-state index contributed by atoms with van der Waals surface area (Å²) in [6, 6.07) is 7.17. The Hall–Kier alpha value is -1.26. The molecule has 0 heterocycles. The quantitative estimate of drug-likeness (QED) is 0.618. The van der Waals surface area contributed by atoms with Gasteiger partial charge in [-0.05, 0) is 25.5 Å². The van der Waals surface area contributed by atoms with Gasteiger partial charge in [0.25, 0.3) is 5.91 Å². The van der Waals surface area contributed by atoms with E-state index in [1.807, 2.05) is 12.1 Å². The lowest BCUT2D eigenvalue weighted by molar-refractivity contribution is -0.126. The number of carbonyl (C=O) groups is 1. The summed E-state index contributed by atoms with van der Waals surface area (Å²) in [6.45, 7) is 4.43. The van der Waals surface area contributed by atoms with Gasteiger partial charge in [-0.2, -0.15) is 0 Å². The molecular weight excluding hydrogens is 252 g/mol. The molecule has 1 aromatic carbocycles. The number of para-hydroxylation sites is 2. The summed E-state index contributed by atoms with van der Waals surface area (Å²) in [7, 11) is 0. The van der Waals surface area contributed by atoms with Gasteiger partial charge in [0.05, 0.1) is 11.4 Å². The van der Waals surface area contributed by atoms with E-state index >= 15 is 0 Å². The molecule has 4 nitrogen and oxygen atoms in total. The molecule has 1 atom stereocenters. The van der Waals surface area contributed by atoms with Crippen LogP contribution in [0, 0.1) is 0 Å². The Balaban J connectivity index is 0.00000289. The predicted molar refractivity (Wildman–Crippen MR) is 77.1 cm³/mol. The fourth-order valence-electron chi connectivity index (χ4n) is 1.33. The number of amides is 1. The van der Waals surface area contributed by atoms with E-state index < -0.39 is 6.10 Å². The Morgan fingerprint density at radius 2 is 2.11 bits per heavy atom. The summed E-state index contributed by atoms with van der Waals surface area (Å²) in [5.74, 6) is -0.168. The van der Waals surface area contributed by atoms with Crippen LogP contribution in [-0.2, 0) is 9.53 Å². The lowest BCUT2D eigenvalue weighted by atomic mass is 10.2. The number of halogens is 1. The number of nitrogens with one attached hydrogen (secondary N) is 1. The number of anilines is 2. The molecule has 0 saturated carbocycles. The minimum absolute atomic E-state index is 0. The highest BCUT2D eigenvalue weighted by Gasteiger charge is 2.13. The molecule has 1 amide bonds. The van der Waals surface area contributed by atoms with E-state index in [-0.39, 0.29) is 18.3 Å². The van der Waals surface area contributed by atoms with Crippen molar-refractivity contribution in [1.29, 1.82) is 0 Å². The highest BCUT2D eigenvalue weighted by molar-refractivity contribution is 5.96. The van der Waals surface area contributed by atoms with Crippen LogP contribution in [0.4, 0.5) is 11.4 Å². The molecule has 102 valence electrons. The van der Waals surface area contributed by atoms with Crippen LogP contribution in [-0.4, -0.2) is 18.6 Å². The SMILES string of the molecule is CCCCOC(C)C(=O)Nc1ccccc1N.Cl. The van der Waals surface area contributed by atoms with Gasteiger partial charge in [0.2, 0.25) is 0 Å². The standard InChI is InChI=1S/C13H20N2O2.ClH/c1-3-4-9-17-10(2)13(16)15-12-8-6-5-7-11(12)14;/h5-8,10H,3-4,9,14H2,1-2H3,(H,15,16);1H. The number of benzene rings is 1. The van der Waals surface area contributed by atoms with Crippen LogP contribution in [0.25, 0.3) is 0 Å². The van der Waals surface area contributed by atoms with Crippen molar-refractivity contribution in [2.75, 3.05) is 17.7 Å². The highest BCUT2D eigenvalue weighted by Crippen LogP contribution is 2.17. The van der Waals surface area contributed by atoms with Gasteiger partial charge in [-0.15, -0.1) is 12.4 Å². The molecule has 0 radical (unpaired) electrons. The van der Waals surface area contributed by atoms with Gasteiger partial charge in [0, 0.05) is 6.61 Å². The topological polar surface area (TPSA) is 64.3 Å². The Bertz CT molecular complexity index is 372. The van der Waals surface area contributed by atoms with Gasteiger partial charge in [0.1, 0.15) is 6.10 Å². The molecule has 1 aromatic rings. The Morgan fingerprint density at radius 1 is 1.44 bits per heavy atom. The number of hydrogen-bond acceptors (Lipinski definition) is 3. The number of unbranched alkanes of at least 4 members (excludes halogenated alkanes) is 1. The second-order valence-electron chi connectivity index (χ2n) is 3.94.